The summed E-state index contributed by atoms with van der Waals surface area (Å²) >= 11 is 0. The van der Waals surface area contributed by atoms with Gasteiger partial charge in [0.15, 0.2) is 0 Å². The Morgan fingerprint density at radius 3 is 2.80 bits per heavy atom. The number of nitrogens with two attached hydrogens (primary N) is 1. The van der Waals surface area contributed by atoms with Crippen molar-refractivity contribution in [3.05, 3.63) is 12.2 Å². The smallest absolute Gasteiger partial charge is 0.138 e. The van der Waals surface area contributed by atoms with Crippen molar-refractivity contribution in [2.75, 3.05) is 6.54 Å². The summed E-state index contributed by atoms with van der Waals surface area (Å²) in [5, 5.41) is 14.3. The minimum Gasteiger partial charge on any atom is -0.388 e. The Morgan fingerprint density at radius 1 is 1.53 bits per heavy atom. The zero-order chi connectivity index (χ0) is 11.3. The second-order valence-electron chi connectivity index (χ2n) is 3.85. The molecule has 0 radical (unpaired) electrons. The number of hydrogen-bond acceptors (Lipinski definition) is 4. The molecule has 0 bridgehead atoms. The van der Waals surface area contributed by atoms with Crippen molar-refractivity contribution in [1.82, 2.24) is 14.8 Å². The van der Waals surface area contributed by atoms with Crippen molar-refractivity contribution < 1.29 is 5.11 Å². The lowest BCUT2D eigenvalue weighted by atomic mass is 9.94. The average molecular weight is 212 g/mol. The highest BCUT2D eigenvalue weighted by Gasteiger charge is 2.26. The first-order valence-electron chi connectivity index (χ1n) is 5.44. The number of aromatic nitrogens is 3. The van der Waals surface area contributed by atoms with Crippen molar-refractivity contribution in [3.8, 4) is 0 Å². The third-order valence-corrected chi connectivity index (χ3v) is 2.58. The monoisotopic (exact) mass is 212 g/mol. The van der Waals surface area contributed by atoms with Gasteiger partial charge in [0.1, 0.15) is 12.2 Å². The second kappa shape index (κ2) is 5.23. The standard InChI is InChI=1S/C10H20N4O/c1-3-5-10(15,7-11)6-9-12-8-13-14(9)4-2/h8,15H,3-7,11H2,1-2H3. The minimum absolute atomic E-state index is 0.261. The quantitative estimate of drug-likeness (QED) is 0.712. The third-order valence-electron chi connectivity index (χ3n) is 2.58. The Bertz CT molecular complexity index is 299. The summed E-state index contributed by atoms with van der Waals surface area (Å²) in [5.41, 5.74) is 4.76. The molecule has 0 spiro atoms. The van der Waals surface area contributed by atoms with Gasteiger partial charge in [0.2, 0.25) is 0 Å². The molecule has 0 saturated carbocycles. The summed E-state index contributed by atoms with van der Waals surface area (Å²) in [6.45, 7) is 5.06. The van der Waals surface area contributed by atoms with E-state index in [-0.39, 0.29) is 6.54 Å². The number of aryl methyl sites for hydroxylation is 1. The van der Waals surface area contributed by atoms with Gasteiger partial charge in [0.05, 0.1) is 5.60 Å². The zero-order valence-corrected chi connectivity index (χ0v) is 9.48. The summed E-state index contributed by atoms with van der Waals surface area (Å²) < 4.78 is 1.79. The lowest BCUT2D eigenvalue weighted by Crippen LogP contribution is -2.40. The van der Waals surface area contributed by atoms with E-state index in [1.165, 1.54) is 6.33 Å². The molecule has 5 heteroatoms. The first-order valence-corrected chi connectivity index (χ1v) is 5.44. The largest absolute Gasteiger partial charge is 0.388 e. The first kappa shape index (κ1) is 12.1. The van der Waals surface area contributed by atoms with Gasteiger partial charge in [-0.1, -0.05) is 13.3 Å². The van der Waals surface area contributed by atoms with Crippen LogP contribution in [0.4, 0.5) is 0 Å². The molecule has 1 aromatic heterocycles. The van der Waals surface area contributed by atoms with Gasteiger partial charge in [-0.05, 0) is 13.3 Å². The summed E-state index contributed by atoms with van der Waals surface area (Å²) in [6, 6.07) is 0. The second-order valence-corrected chi connectivity index (χ2v) is 3.85. The van der Waals surface area contributed by atoms with E-state index in [0.717, 1.165) is 18.8 Å². The molecule has 1 unspecified atom stereocenters. The summed E-state index contributed by atoms with van der Waals surface area (Å²) in [5.74, 6) is 0.805. The fraction of sp³-hybridized carbons (Fsp3) is 0.800. The van der Waals surface area contributed by atoms with Crippen molar-refractivity contribution in [3.63, 3.8) is 0 Å². The fourth-order valence-corrected chi connectivity index (χ4v) is 1.71. The molecule has 0 saturated heterocycles. The van der Waals surface area contributed by atoms with Crippen molar-refractivity contribution in [1.29, 1.82) is 0 Å². The summed E-state index contributed by atoms with van der Waals surface area (Å²) in [7, 11) is 0. The third kappa shape index (κ3) is 3.00. The van der Waals surface area contributed by atoms with E-state index in [0.29, 0.717) is 12.8 Å². The summed E-state index contributed by atoms with van der Waals surface area (Å²) in [4.78, 5) is 4.14. The zero-order valence-electron chi connectivity index (χ0n) is 9.48. The predicted octanol–water partition coefficient (Wildman–Crippen LogP) is 0.330. The van der Waals surface area contributed by atoms with Crippen LogP contribution in [0.15, 0.2) is 6.33 Å². The SMILES string of the molecule is CCCC(O)(CN)Cc1ncnn1CC. The molecule has 15 heavy (non-hydrogen) atoms. The molecule has 1 aromatic rings. The molecule has 1 atom stereocenters. The molecule has 1 rings (SSSR count). The van der Waals surface area contributed by atoms with E-state index in [2.05, 4.69) is 10.1 Å². The maximum Gasteiger partial charge on any atom is 0.138 e. The van der Waals surface area contributed by atoms with Crippen LogP contribution in [0.2, 0.25) is 0 Å². The van der Waals surface area contributed by atoms with Crippen LogP contribution in [0.25, 0.3) is 0 Å². The topological polar surface area (TPSA) is 77.0 Å². The van der Waals surface area contributed by atoms with Gasteiger partial charge in [-0.25, -0.2) is 4.98 Å². The molecular weight excluding hydrogens is 192 g/mol. The van der Waals surface area contributed by atoms with Gasteiger partial charge in [-0.3, -0.25) is 4.68 Å². The molecular formula is C10H20N4O. The molecule has 86 valence electrons. The number of nitrogens with zero attached hydrogens (tertiary/aromatic N) is 3. The summed E-state index contributed by atoms with van der Waals surface area (Å²) in [6.07, 6.45) is 3.60. The molecule has 3 N–H and O–H groups in total. The van der Waals surface area contributed by atoms with Crippen LogP contribution in [-0.2, 0) is 13.0 Å². The average Bonchev–Trinajstić information content (AvgIpc) is 2.65. The van der Waals surface area contributed by atoms with E-state index in [9.17, 15) is 5.11 Å². The minimum atomic E-state index is -0.839. The van der Waals surface area contributed by atoms with Gasteiger partial charge >= 0.3 is 0 Å². The van der Waals surface area contributed by atoms with Crippen molar-refractivity contribution >= 4 is 0 Å². The number of hydrogen-bond donors (Lipinski definition) is 2. The molecule has 5 nitrogen and oxygen atoms in total. The predicted molar refractivity (Wildman–Crippen MR) is 58.3 cm³/mol. The van der Waals surface area contributed by atoms with Gasteiger partial charge in [0.25, 0.3) is 0 Å². The Kier molecular flexibility index (Phi) is 4.23. The molecule has 0 aromatic carbocycles. The van der Waals surface area contributed by atoms with Crippen LogP contribution in [0.5, 0.6) is 0 Å². The van der Waals surface area contributed by atoms with E-state index >= 15 is 0 Å². The maximum absolute atomic E-state index is 10.2. The fourth-order valence-electron chi connectivity index (χ4n) is 1.71. The Morgan fingerprint density at radius 2 is 2.27 bits per heavy atom. The maximum atomic E-state index is 10.2. The molecule has 0 aliphatic rings. The highest BCUT2D eigenvalue weighted by atomic mass is 16.3. The van der Waals surface area contributed by atoms with Gasteiger partial charge < -0.3 is 10.8 Å². The van der Waals surface area contributed by atoms with Crippen molar-refractivity contribution in [2.24, 2.45) is 5.73 Å². The van der Waals surface area contributed by atoms with Gasteiger partial charge in [0, 0.05) is 19.5 Å². The van der Waals surface area contributed by atoms with Crippen LogP contribution in [0, 0.1) is 0 Å². The van der Waals surface area contributed by atoms with Crippen molar-refractivity contribution in [2.45, 2.75) is 45.3 Å². The van der Waals surface area contributed by atoms with E-state index < -0.39 is 5.60 Å². The molecule has 1 heterocycles. The Labute approximate surface area is 90.3 Å². The van der Waals surface area contributed by atoms with E-state index in [4.69, 9.17) is 5.73 Å². The molecule has 0 fully saturated rings. The van der Waals surface area contributed by atoms with Crippen LogP contribution in [0.3, 0.4) is 0 Å². The highest BCUT2D eigenvalue weighted by molar-refractivity contribution is 4.95. The van der Waals surface area contributed by atoms with E-state index in [1.807, 2.05) is 13.8 Å². The van der Waals surface area contributed by atoms with Gasteiger partial charge in [-0.15, -0.1) is 0 Å². The number of rotatable bonds is 6. The van der Waals surface area contributed by atoms with Crippen LogP contribution < -0.4 is 5.73 Å². The molecule has 0 aliphatic heterocycles. The Hall–Kier alpha value is -0.940. The first-order chi connectivity index (χ1) is 7.15. The lowest BCUT2D eigenvalue weighted by Gasteiger charge is -2.25. The number of aliphatic hydroxyl groups is 1. The van der Waals surface area contributed by atoms with E-state index in [1.54, 1.807) is 4.68 Å². The molecule has 0 aliphatic carbocycles. The van der Waals surface area contributed by atoms with Crippen LogP contribution >= 0.6 is 0 Å². The molecule has 0 amide bonds. The van der Waals surface area contributed by atoms with Crippen LogP contribution in [-0.4, -0.2) is 32.0 Å². The lowest BCUT2D eigenvalue weighted by molar-refractivity contribution is 0.0369. The Balaban J connectivity index is 2.74. The van der Waals surface area contributed by atoms with Crippen LogP contribution in [0.1, 0.15) is 32.5 Å². The highest BCUT2D eigenvalue weighted by Crippen LogP contribution is 2.16. The normalized spacial score (nSPS) is 15.2. The van der Waals surface area contributed by atoms with Gasteiger partial charge in [-0.2, -0.15) is 5.10 Å².